The lowest BCUT2D eigenvalue weighted by atomic mass is 10.0. The maximum atomic E-state index is 12.4. The van der Waals surface area contributed by atoms with E-state index in [1.807, 2.05) is 18.2 Å². The first kappa shape index (κ1) is 15.4. The second-order valence-corrected chi connectivity index (χ2v) is 5.09. The van der Waals surface area contributed by atoms with Crippen LogP contribution in [0.4, 0.5) is 13.2 Å². The van der Waals surface area contributed by atoms with E-state index in [1.54, 1.807) is 18.3 Å². The van der Waals surface area contributed by atoms with Crippen LogP contribution in [0.1, 0.15) is 16.7 Å². The smallest absolute Gasteiger partial charge is 0.489 e. The normalized spacial score (nSPS) is 13.5. The van der Waals surface area contributed by atoms with E-state index < -0.39 is 6.36 Å². The van der Waals surface area contributed by atoms with Crippen LogP contribution in [0.15, 0.2) is 47.5 Å². The van der Waals surface area contributed by atoms with Crippen LogP contribution in [0, 0.1) is 0 Å². The van der Waals surface area contributed by atoms with Crippen LogP contribution in [-0.4, -0.2) is 19.1 Å². The Morgan fingerprint density at radius 3 is 2.74 bits per heavy atom. The number of hydrogen-bond donors (Lipinski definition) is 0. The maximum Gasteiger partial charge on any atom is 0.573 e. The van der Waals surface area contributed by atoms with Gasteiger partial charge in [-0.2, -0.15) is 0 Å². The number of ether oxygens (including phenoxy) is 2. The van der Waals surface area contributed by atoms with E-state index in [9.17, 15) is 13.2 Å². The van der Waals surface area contributed by atoms with Crippen molar-refractivity contribution in [1.29, 1.82) is 0 Å². The Morgan fingerprint density at radius 1 is 1.09 bits per heavy atom. The van der Waals surface area contributed by atoms with Gasteiger partial charge in [0.25, 0.3) is 0 Å². The van der Waals surface area contributed by atoms with Crippen molar-refractivity contribution in [2.24, 2.45) is 4.99 Å². The number of fused-ring (bicyclic) bond motifs is 1. The molecule has 120 valence electrons. The molecule has 0 spiro atoms. The molecule has 0 radical (unpaired) electrons. The lowest BCUT2D eigenvalue weighted by Gasteiger charge is -2.15. The molecule has 6 heteroatoms. The molecular formula is C17H14F3NO2. The second-order valence-electron chi connectivity index (χ2n) is 5.09. The molecule has 1 aliphatic rings. The topological polar surface area (TPSA) is 30.8 Å². The minimum absolute atomic E-state index is 0.0117. The highest BCUT2D eigenvalue weighted by molar-refractivity contribution is 5.83. The lowest BCUT2D eigenvalue weighted by molar-refractivity contribution is -0.275. The van der Waals surface area contributed by atoms with Crippen molar-refractivity contribution in [3.05, 3.63) is 59.2 Å². The van der Waals surface area contributed by atoms with E-state index in [0.29, 0.717) is 11.3 Å². The zero-order valence-corrected chi connectivity index (χ0v) is 12.1. The molecule has 0 bridgehead atoms. The van der Waals surface area contributed by atoms with Crippen molar-refractivity contribution in [3.63, 3.8) is 0 Å². The molecule has 0 unspecified atom stereocenters. The third-order valence-electron chi connectivity index (χ3n) is 3.45. The number of para-hydroxylation sites is 1. The molecule has 2 aromatic rings. The summed E-state index contributed by atoms with van der Waals surface area (Å²) >= 11 is 0. The standard InChI is InChI=1S/C17H14F3NO2/c18-17(19,20)23-16-4-2-1-3-13(16)11-22-15-6-5-12-7-8-21-10-14(12)9-15/h1-6,9-10H,7-8,11H2. The molecule has 0 amide bonds. The van der Waals surface area contributed by atoms with E-state index in [-0.39, 0.29) is 12.4 Å². The largest absolute Gasteiger partial charge is 0.573 e. The minimum atomic E-state index is -4.72. The van der Waals surface area contributed by atoms with Crippen molar-refractivity contribution in [2.45, 2.75) is 19.4 Å². The molecule has 3 rings (SSSR count). The van der Waals surface area contributed by atoms with Gasteiger partial charge < -0.3 is 9.47 Å². The fraction of sp³-hybridized carbons (Fsp3) is 0.235. The summed E-state index contributed by atoms with van der Waals surface area (Å²) in [5.41, 5.74) is 2.50. The molecular weight excluding hydrogens is 307 g/mol. The predicted molar refractivity (Wildman–Crippen MR) is 80.1 cm³/mol. The Kier molecular flexibility index (Phi) is 4.23. The first-order valence-corrected chi connectivity index (χ1v) is 7.10. The Morgan fingerprint density at radius 2 is 1.91 bits per heavy atom. The van der Waals surface area contributed by atoms with Gasteiger partial charge in [-0.15, -0.1) is 13.2 Å². The van der Waals surface area contributed by atoms with Gasteiger partial charge in [0, 0.05) is 18.3 Å². The van der Waals surface area contributed by atoms with Crippen LogP contribution in [0.5, 0.6) is 11.5 Å². The molecule has 1 heterocycles. The van der Waals surface area contributed by atoms with Crippen LogP contribution < -0.4 is 9.47 Å². The Balaban J connectivity index is 1.73. The van der Waals surface area contributed by atoms with Gasteiger partial charge in [0.1, 0.15) is 18.1 Å². The SMILES string of the molecule is FC(F)(F)Oc1ccccc1COc1ccc2c(c1)C=NCC2. The van der Waals surface area contributed by atoms with E-state index >= 15 is 0 Å². The summed E-state index contributed by atoms with van der Waals surface area (Å²) in [5, 5.41) is 0. The lowest BCUT2D eigenvalue weighted by Crippen LogP contribution is -2.18. The molecule has 3 nitrogen and oxygen atoms in total. The van der Waals surface area contributed by atoms with Crippen LogP contribution in [0.2, 0.25) is 0 Å². The highest BCUT2D eigenvalue weighted by Gasteiger charge is 2.32. The van der Waals surface area contributed by atoms with Crippen molar-refractivity contribution in [3.8, 4) is 11.5 Å². The van der Waals surface area contributed by atoms with Crippen molar-refractivity contribution < 1.29 is 22.6 Å². The zero-order valence-electron chi connectivity index (χ0n) is 12.1. The summed E-state index contributed by atoms with van der Waals surface area (Å²) in [4.78, 5) is 4.21. The minimum Gasteiger partial charge on any atom is -0.489 e. The van der Waals surface area contributed by atoms with E-state index in [1.165, 1.54) is 17.7 Å². The van der Waals surface area contributed by atoms with E-state index in [2.05, 4.69) is 9.73 Å². The van der Waals surface area contributed by atoms with Crippen molar-refractivity contribution >= 4 is 6.21 Å². The third-order valence-corrected chi connectivity index (χ3v) is 3.45. The molecule has 0 saturated carbocycles. The summed E-state index contributed by atoms with van der Waals surface area (Å²) in [7, 11) is 0. The Bertz CT molecular complexity index is 726. The van der Waals surface area contributed by atoms with Crippen LogP contribution in [0.25, 0.3) is 0 Å². The summed E-state index contributed by atoms with van der Waals surface area (Å²) in [6.07, 6.45) is -2.06. The number of rotatable bonds is 4. The molecule has 0 aromatic heterocycles. The average Bonchev–Trinajstić information content (AvgIpc) is 2.52. The summed E-state index contributed by atoms with van der Waals surface area (Å²) in [5.74, 6) is 0.332. The molecule has 0 atom stereocenters. The zero-order chi connectivity index (χ0) is 16.3. The number of halogens is 3. The van der Waals surface area contributed by atoms with Gasteiger partial charge in [-0.3, -0.25) is 4.99 Å². The van der Waals surface area contributed by atoms with Gasteiger partial charge in [0.15, 0.2) is 0 Å². The molecule has 0 aliphatic carbocycles. The van der Waals surface area contributed by atoms with Crippen LogP contribution >= 0.6 is 0 Å². The van der Waals surface area contributed by atoms with Gasteiger partial charge in [-0.25, -0.2) is 0 Å². The summed E-state index contributed by atoms with van der Waals surface area (Å²) < 4.78 is 46.8. The first-order chi connectivity index (χ1) is 11.0. The van der Waals surface area contributed by atoms with Crippen molar-refractivity contribution in [2.75, 3.05) is 6.54 Å². The average molecular weight is 321 g/mol. The van der Waals surface area contributed by atoms with E-state index in [4.69, 9.17) is 4.74 Å². The number of nitrogens with zero attached hydrogens (tertiary/aromatic N) is 1. The van der Waals surface area contributed by atoms with Gasteiger partial charge in [-0.05, 0) is 35.7 Å². The van der Waals surface area contributed by atoms with Crippen molar-refractivity contribution in [1.82, 2.24) is 0 Å². The molecule has 0 fully saturated rings. The quantitative estimate of drug-likeness (QED) is 0.847. The number of hydrogen-bond acceptors (Lipinski definition) is 3. The fourth-order valence-corrected chi connectivity index (χ4v) is 2.37. The second kappa shape index (κ2) is 6.32. The summed E-state index contributed by atoms with van der Waals surface area (Å²) in [6.45, 7) is 0.761. The van der Waals surface area contributed by atoms with E-state index in [0.717, 1.165) is 18.5 Å². The number of aliphatic imine (C=N–C) groups is 1. The van der Waals surface area contributed by atoms with Crippen LogP contribution in [-0.2, 0) is 13.0 Å². The Labute approximate surface area is 131 Å². The molecule has 23 heavy (non-hydrogen) atoms. The highest BCUT2D eigenvalue weighted by atomic mass is 19.4. The molecule has 2 aromatic carbocycles. The number of alkyl halides is 3. The van der Waals surface area contributed by atoms with Gasteiger partial charge >= 0.3 is 6.36 Å². The van der Waals surface area contributed by atoms with Crippen LogP contribution in [0.3, 0.4) is 0 Å². The molecule has 0 saturated heterocycles. The van der Waals surface area contributed by atoms with Gasteiger partial charge in [-0.1, -0.05) is 24.3 Å². The van der Waals surface area contributed by atoms with Gasteiger partial charge in [0.2, 0.25) is 0 Å². The predicted octanol–water partition coefficient (Wildman–Crippen LogP) is 4.14. The summed E-state index contributed by atoms with van der Waals surface area (Å²) in [6, 6.07) is 11.5. The monoisotopic (exact) mass is 321 g/mol. The third kappa shape index (κ3) is 4.03. The van der Waals surface area contributed by atoms with Gasteiger partial charge in [0.05, 0.1) is 0 Å². The highest BCUT2D eigenvalue weighted by Crippen LogP contribution is 2.27. The number of benzene rings is 2. The Hall–Kier alpha value is -2.50. The maximum absolute atomic E-state index is 12.4. The molecule has 1 aliphatic heterocycles. The molecule has 0 N–H and O–H groups in total. The fourth-order valence-electron chi connectivity index (χ4n) is 2.37. The first-order valence-electron chi connectivity index (χ1n) is 7.10.